The number of anilines is 3. The maximum atomic E-state index is 14.0. The fraction of sp³-hybridized carbons (Fsp3) is 0.412. The highest BCUT2D eigenvalue weighted by Gasteiger charge is 2.40. The minimum atomic E-state index is -4.64. The fourth-order valence-corrected chi connectivity index (χ4v) is 5.74. The maximum Gasteiger partial charge on any atom is 0.419 e. The van der Waals surface area contributed by atoms with E-state index in [-0.39, 0.29) is 36.5 Å². The third-order valence-electron chi connectivity index (χ3n) is 8.08. The van der Waals surface area contributed by atoms with E-state index < -0.39 is 22.8 Å². The number of aromatic nitrogens is 2. The number of benzene rings is 2. The number of nitrogens with zero attached hydrogens (tertiary/aromatic N) is 3. The molecular formula is C34H38F3N5O4. The van der Waals surface area contributed by atoms with Crippen LogP contribution in [0.3, 0.4) is 0 Å². The van der Waals surface area contributed by atoms with Gasteiger partial charge in [0.15, 0.2) is 0 Å². The zero-order valence-electron chi connectivity index (χ0n) is 26.8. The summed E-state index contributed by atoms with van der Waals surface area (Å²) >= 11 is 0. The zero-order valence-corrected chi connectivity index (χ0v) is 26.8. The largest absolute Gasteiger partial charge is 0.495 e. The van der Waals surface area contributed by atoms with Crippen molar-refractivity contribution in [1.82, 2.24) is 14.9 Å². The smallest absolute Gasteiger partial charge is 0.419 e. The highest BCUT2D eigenvalue weighted by atomic mass is 19.4. The first kappa shape index (κ1) is 32.8. The van der Waals surface area contributed by atoms with Gasteiger partial charge in [-0.05, 0) is 94.3 Å². The lowest BCUT2D eigenvalue weighted by Gasteiger charge is -2.29. The van der Waals surface area contributed by atoms with Crippen molar-refractivity contribution in [2.45, 2.75) is 71.1 Å². The van der Waals surface area contributed by atoms with Crippen molar-refractivity contribution in [1.29, 1.82) is 0 Å². The number of alkyl halides is 3. The van der Waals surface area contributed by atoms with E-state index in [1.165, 1.54) is 7.11 Å². The molecule has 0 aliphatic carbocycles. The van der Waals surface area contributed by atoms with Crippen molar-refractivity contribution in [3.63, 3.8) is 0 Å². The number of ether oxygens (including phenoxy) is 2. The normalized spacial score (nSPS) is 16.0. The van der Waals surface area contributed by atoms with E-state index in [4.69, 9.17) is 9.47 Å². The SMILES string of the molecule is COc1cc(C2=CCN(C(=O)OC(C)(C)C)CC2)ccc1Nc1ncc(C(F)(F)F)c(CCc2cccc3c2C(C)(C)C(=O)N3)n1. The average molecular weight is 638 g/mol. The molecule has 0 saturated carbocycles. The van der Waals surface area contributed by atoms with Crippen LogP contribution < -0.4 is 15.4 Å². The second-order valence-corrected chi connectivity index (χ2v) is 12.9. The van der Waals surface area contributed by atoms with E-state index in [0.29, 0.717) is 36.6 Å². The van der Waals surface area contributed by atoms with Crippen molar-refractivity contribution in [3.8, 4) is 5.75 Å². The van der Waals surface area contributed by atoms with Crippen LogP contribution in [0.4, 0.5) is 35.3 Å². The molecule has 0 unspecified atom stereocenters. The standard InChI is InChI=1S/C34H38F3N5O4/c1-32(2,3)46-31(44)42-16-14-20(15-17-42)22-11-13-25(27(18-22)45-6)41-30-38-19-23(34(35,36)37)24(40-30)12-10-21-8-7-9-26-28(21)33(4,5)29(43)39-26/h7-9,11,13-14,18-19H,10,12,15-17H2,1-6H3,(H,39,43)(H,38,40,41). The second-order valence-electron chi connectivity index (χ2n) is 12.9. The number of amides is 2. The van der Waals surface area contributed by atoms with Crippen molar-refractivity contribution in [3.05, 3.63) is 76.6 Å². The van der Waals surface area contributed by atoms with E-state index in [0.717, 1.165) is 28.5 Å². The van der Waals surface area contributed by atoms with Gasteiger partial charge in [-0.15, -0.1) is 0 Å². The first-order valence-electron chi connectivity index (χ1n) is 15.1. The summed E-state index contributed by atoms with van der Waals surface area (Å²) in [6.07, 6.45) is -1.40. The molecule has 12 heteroatoms. The Kier molecular flexibility index (Phi) is 8.76. The molecule has 0 fully saturated rings. The number of carbonyl (C=O) groups excluding carboxylic acids is 2. The van der Waals surface area contributed by atoms with Crippen LogP contribution in [0.15, 0.2) is 48.7 Å². The molecule has 2 N–H and O–H groups in total. The molecule has 0 saturated heterocycles. The third-order valence-corrected chi connectivity index (χ3v) is 8.08. The molecule has 0 bridgehead atoms. The quantitative estimate of drug-likeness (QED) is 0.280. The van der Waals surface area contributed by atoms with Crippen molar-refractivity contribution < 1.29 is 32.2 Å². The van der Waals surface area contributed by atoms with E-state index in [1.807, 2.05) is 45.0 Å². The fourth-order valence-electron chi connectivity index (χ4n) is 5.74. The van der Waals surface area contributed by atoms with E-state index in [1.54, 1.807) is 36.9 Å². The van der Waals surface area contributed by atoms with Gasteiger partial charge in [0.25, 0.3) is 0 Å². The lowest BCUT2D eigenvalue weighted by molar-refractivity contribution is -0.138. The zero-order chi connectivity index (χ0) is 33.4. The van der Waals surface area contributed by atoms with Crippen molar-refractivity contribution in [2.75, 3.05) is 30.8 Å². The van der Waals surface area contributed by atoms with Gasteiger partial charge in [-0.1, -0.05) is 24.3 Å². The van der Waals surface area contributed by atoms with Gasteiger partial charge in [0.2, 0.25) is 11.9 Å². The number of hydrogen-bond acceptors (Lipinski definition) is 7. The Labute approximate surface area is 266 Å². The van der Waals surface area contributed by atoms with Crippen LogP contribution in [0.25, 0.3) is 5.57 Å². The molecule has 0 atom stereocenters. The van der Waals surface area contributed by atoms with Crippen LogP contribution in [0.1, 0.15) is 69.0 Å². The van der Waals surface area contributed by atoms with Crippen LogP contribution in [0, 0.1) is 0 Å². The summed E-state index contributed by atoms with van der Waals surface area (Å²) < 4.78 is 53.1. The summed E-state index contributed by atoms with van der Waals surface area (Å²) in [5.41, 5.74) is 2.21. The summed E-state index contributed by atoms with van der Waals surface area (Å²) in [7, 11) is 1.50. The topological polar surface area (TPSA) is 106 Å². The Morgan fingerprint density at radius 2 is 1.89 bits per heavy atom. The van der Waals surface area contributed by atoms with Crippen molar-refractivity contribution >= 4 is 34.9 Å². The molecule has 3 heterocycles. The number of fused-ring (bicyclic) bond motifs is 1. The van der Waals surface area contributed by atoms with Gasteiger partial charge in [0.1, 0.15) is 11.4 Å². The molecule has 2 aromatic carbocycles. The first-order chi connectivity index (χ1) is 21.6. The first-order valence-corrected chi connectivity index (χ1v) is 15.1. The molecule has 244 valence electrons. The van der Waals surface area contributed by atoms with Gasteiger partial charge in [0.05, 0.1) is 29.5 Å². The number of methoxy groups -OCH3 is 1. The Morgan fingerprint density at radius 1 is 1.13 bits per heavy atom. The van der Waals surface area contributed by atoms with Gasteiger partial charge < -0.3 is 25.0 Å². The molecule has 9 nitrogen and oxygen atoms in total. The molecule has 1 aromatic heterocycles. The second kappa shape index (κ2) is 12.3. The summed E-state index contributed by atoms with van der Waals surface area (Å²) in [4.78, 5) is 34.8. The monoisotopic (exact) mass is 637 g/mol. The van der Waals surface area contributed by atoms with Crippen molar-refractivity contribution in [2.24, 2.45) is 0 Å². The van der Waals surface area contributed by atoms with Crippen LogP contribution in [0.2, 0.25) is 0 Å². The Balaban J connectivity index is 1.35. The average Bonchev–Trinajstić information content (AvgIpc) is 3.22. The molecule has 0 spiro atoms. The number of carbonyl (C=O) groups is 2. The lowest BCUT2D eigenvalue weighted by atomic mass is 9.82. The summed E-state index contributed by atoms with van der Waals surface area (Å²) in [5.74, 6) is 0.300. The minimum Gasteiger partial charge on any atom is -0.495 e. The molecule has 2 aliphatic rings. The Hall–Kier alpha value is -4.61. The molecule has 5 rings (SSSR count). The minimum absolute atomic E-state index is 0.00519. The van der Waals surface area contributed by atoms with Gasteiger partial charge in [-0.2, -0.15) is 13.2 Å². The highest BCUT2D eigenvalue weighted by Crippen LogP contribution is 2.41. The molecule has 3 aromatic rings. The maximum absolute atomic E-state index is 14.0. The molecular weight excluding hydrogens is 599 g/mol. The van der Waals surface area contributed by atoms with Gasteiger partial charge >= 0.3 is 12.3 Å². The third kappa shape index (κ3) is 6.95. The van der Waals surface area contributed by atoms with Crippen LogP contribution in [-0.4, -0.2) is 52.7 Å². The number of halogens is 3. The summed E-state index contributed by atoms with van der Waals surface area (Å²) in [6, 6.07) is 10.9. The number of hydrogen-bond donors (Lipinski definition) is 2. The summed E-state index contributed by atoms with van der Waals surface area (Å²) in [6.45, 7) is 9.99. The predicted molar refractivity (Wildman–Crippen MR) is 169 cm³/mol. The van der Waals surface area contributed by atoms with E-state index in [2.05, 4.69) is 20.6 Å². The highest BCUT2D eigenvalue weighted by molar-refractivity contribution is 6.06. The van der Waals surface area contributed by atoms with Crippen LogP contribution in [0.5, 0.6) is 5.75 Å². The number of nitrogens with one attached hydrogen (secondary N) is 2. The van der Waals surface area contributed by atoms with Crippen LogP contribution in [-0.2, 0) is 34.0 Å². The Morgan fingerprint density at radius 3 is 2.54 bits per heavy atom. The molecule has 46 heavy (non-hydrogen) atoms. The van der Waals surface area contributed by atoms with Gasteiger partial charge in [0, 0.05) is 25.0 Å². The van der Waals surface area contributed by atoms with Gasteiger partial charge in [-0.25, -0.2) is 14.8 Å². The number of rotatable bonds is 7. The lowest BCUT2D eigenvalue weighted by Crippen LogP contribution is -2.39. The molecule has 0 radical (unpaired) electrons. The van der Waals surface area contributed by atoms with Crippen LogP contribution >= 0.6 is 0 Å². The Bertz CT molecular complexity index is 1690. The van der Waals surface area contributed by atoms with E-state index in [9.17, 15) is 22.8 Å². The summed E-state index contributed by atoms with van der Waals surface area (Å²) in [5, 5.41) is 5.87. The van der Waals surface area contributed by atoms with Gasteiger partial charge in [-0.3, -0.25) is 4.79 Å². The predicted octanol–water partition coefficient (Wildman–Crippen LogP) is 7.29. The molecule has 2 amide bonds. The molecule has 2 aliphatic heterocycles. The number of aryl methyl sites for hydroxylation is 2. The van der Waals surface area contributed by atoms with E-state index >= 15 is 0 Å².